The summed E-state index contributed by atoms with van der Waals surface area (Å²) in [6, 6.07) is 23.7. The maximum atomic E-state index is 13.7. The van der Waals surface area contributed by atoms with Crippen LogP contribution in [0.5, 0.6) is 0 Å². The Hall–Kier alpha value is -5.82. The number of nitrogens with two attached hydrogens (primary N) is 1. The first kappa shape index (κ1) is 38.0. The van der Waals surface area contributed by atoms with Crippen LogP contribution in [-0.4, -0.2) is 78.4 Å². The standard InChI is InChI=1S/C38H44N6O7/c1-24(45)42-33(21-26-14-16-28-9-3-5-11-30(28)19-26)37(49)44-32(20-25-13-15-27-8-2-4-10-29(27)18-25)36(48)41-22-34(46)40-23-35(47)43-31(38(50)51)12-6-7-17-39/h2-5,8-11,13-16,18-19,31-33H,6-7,12,17,20-23,39H2,1H3,(H,40,46)(H,41,48)(H,42,45)(H,43,47)(H,44,49)(H,50,51)/t31-,32+,33-/m0/s1. The van der Waals surface area contributed by atoms with Gasteiger partial charge in [0, 0.05) is 19.8 Å². The molecule has 0 spiro atoms. The molecule has 5 amide bonds. The van der Waals surface area contributed by atoms with E-state index in [0.29, 0.717) is 19.4 Å². The van der Waals surface area contributed by atoms with Crippen LogP contribution in [0.15, 0.2) is 84.9 Å². The van der Waals surface area contributed by atoms with E-state index >= 15 is 0 Å². The minimum absolute atomic E-state index is 0.0793. The van der Waals surface area contributed by atoms with Crippen LogP contribution in [0.3, 0.4) is 0 Å². The number of benzene rings is 4. The highest BCUT2D eigenvalue weighted by Crippen LogP contribution is 2.18. The summed E-state index contributed by atoms with van der Waals surface area (Å²) in [6.45, 7) is 0.694. The highest BCUT2D eigenvalue weighted by molar-refractivity contribution is 5.94. The van der Waals surface area contributed by atoms with Gasteiger partial charge in [-0.25, -0.2) is 4.79 Å². The smallest absolute Gasteiger partial charge is 0.326 e. The summed E-state index contributed by atoms with van der Waals surface area (Å²) in [5, 5.41) is 26.0. The van der Waals surface area contributed by atoms with E-state index in [9.17, 15) is 33.9 Å². The summed E-state index contributed by atoms with van der Waals surface area (Å²) in [4.78, 5) is 75.8. The van der Waals surface area contributed by atoms with Crippen molar-refractivity contribution in [1.82, 2.24) is 26.6 Å². The van der Waals surface area contributed by atoms with E-state index in [1.807, 2.05) is 84.9 Å². The number of nitrogens with one attached hydrogen (secondary N) is 5. The summed E-state index contributed by atoms with van der Waals surface area (Å²) in [6.07, 6.45) is 1.56. The normalized spacial score (nSPS) is 12.7. The molecule has 51 heavy (non-hydrogen) atoms. The Kier molecular flexibility index (Phi) is 14.0. The number of carboxylic acids is 1. The van der Waals surface area contributed by atoms with Gasteiger partial charge in [0.15, 0.2) is 0 Å². The van der Waals surface area contributed by atoms with Crippen molar-refractivity contribution in [3.8, 4) is 0 Å². The molecule has 0 bridgehead atoms. The molecule has 0 radical (unpaired) electrons. The number of amides is 5. The maximum absolute atomic E-state index is 13.7. The van der Waals surface area contributed by atoms with Crippen LogP contribution in [0.2, 0.25) is 0 Å². The van der Waals surface area contributed by atoms with Gasteiger partial charge in [0.25, 0.3) is 0 Å². The molecule has 4 aromatic rings. The van der Waals surface area contributed by atoms with Crippen LogP contribution in [0, 0.1) is 0 Å². The molecule has 13 heteroatoms. The Morgan fingerprint density at radius 3 is 1.67 bits per heavy atom. The van der Waals surface area contributed by atoms with Gasteiger partial charge in [-0.05, 0) is 58.5 Å². The van der Waals surface area contributed by atoms with Crippen molar-refractivity contribution in [1.29, 1.82) is 0 Å². The van der Waals surface area contributed by atoms with Gasteiger partial charge in [-0.15, -0.1) is 0 Å². The van der Waals surface area contributed by atoms with Crippen molar-refractivity contribution in [2.24, 2.45) is 5.73 Å². The first-order valence-corrected chi connectivity index (χ1v) is 16.8. The van der Waals surface area contributed by atoms with Crippen molar-refractivity contribution in [3.63, 3.8) is 0 Å². The third kappa shape index (κ3) is 11.9. The van der Waals surface area contributed by atoms with Gasteiger partial charge in [-0.1, -0.05) is 84.9 Å². The first-order valence-electron chi connectivity index (χ1n) is 16.8. The van der Waals surface area contributed by atoms with Crippen molar-refractivity contribution >= 4 is 57.1 Å². The molecule has 0 saturated carbocycles. The molecule has 0 fully saturated rings. The zero-order valence-corrected chi connectivity index (χ0v) is 28.4. The number of hydrogen-bond donors (Lipinski definition) is 7. The summed E-state index contributed by atoms with van der Waals surface area (Å²) < 4.78 is 0. The Labute approximate surface area is 295 Å². The van der Waals surface area contributed by atoms with Gasteiger partial charge in [0.05, 0.1) is 13.1 Å². The van der Waals surface area contributed by atoms with Gasteiger partial charge < -0.3 is 37.4 Å². The number of unbranched alkanes of at least 4 members (excludes halogenated alkanes) is 1. The fourth-order valence-corrected chi connectivity index (χ4v) is 5.67. The average molecular weight is 697 g/mol. The SMILES string of the molecule is CC(=O)N[C@@H](Cc1ccc2ccccc2c1)C(=O)N[C@H](Cc1ccc2ccccc2c1)C(=O)NCC(=O)NCC(=O)N[C@@H](CCCCN)C(=O)O. The van der Waals surface area contributed by atoms with Gasteiger partial charge in [-0.2, -0.15) is 0 Å². The maximum Gasteiger partial charge on any atom is 0.326 e. The van der Waals surface area contributed by atoms with Crippen LogP contribution < -0.4 is 32.3 Å². The van der Waals surface area contributed by atoms with Gasteiger partial charge in [-0.3, -0.25) is 24.0 Å². The zero-order valence-electron chi connectivity index (χ0n) is 28.4. The quantitative estimate of drug-likeness (QED) is 0.0760. The summed E-state index contributed by atoms with van der Waals surface area (Å²) in [7, 11) is 0. The lowest BCUT2D eigenvalue weighted by atomic mass is 9.99. The third-order valence-corrected chi connectivity index (χ3v) is 8.28. The minimum atomic E-state index is -1.20. The molecule has 0 unspecified atom stereocenters. The number of carbonyl (C=O) groups excluding carboxylic acids is 5. The Bertz CT molecular complexity index is 1880. The summed E-state index contributed by atoms with van der Waals surface area (Å²) in [5.41, 5.74) is 7.01. The molecule has 8 N–H and O–H groups in total. The molecule has 268 valence electrons. The fourth-order valence-electron chi connectivity index (χ4n) is 5.67. The summed E-state index contributed by atoms with van der Waals surface area (Å²) >= 11 is 0. The molecule has 0 aliphatic heterocycles. The van der Waals surface area contributed by atoms with E-state index in [1.54, 1.807) is 0 Å². The minimum Gasteiger partial charge on any atom is -0.480 e. The molecule has 0 aliphatic rings. The fraction of sp³-hybridized carbons (Fsp3) is 0.316. The van der Waals surface area contributed by atoms with E-state index in [2.05, 4.69) is 26.6 Å². The highest BCUT2D eigenvalue weighted by Gasteiger charge is 2.27. The van der Waals surface area contributed by atoms with Crippen molar-refractivity contribution in [2.45, 2.75) is 57.2 Å². The van der Waals surface area contributed by atoms with E-state index in [0.717, 1.165) is 32.7 Å². The Morgan fingerprint density at radius 1 is 0.608 bits per heavy atom. The largest absolute Gasteiger partial charge is 0.480 e. The molecule has 4 aromatic carbocycles. The molecular weight excluding hydrogens is 652 g/mol. The lowest BCUT2D eigenvalue weighted by Gasteiger charge is -2.23. The monoisotopic (exact) mass is 696 g/mol. The topological polar surface area (TPSA) is 209 Å². The van der Waals surface area contributed by atoms with Crippen LogP contribution >= 0.6 is 0 Å². The second-order valence-corrected chi connectivity index (χ2v) is 12.3. The van der Waals surface area contributed by atoms with Gasteiger partial charge >= 0.3 is 5.97 Å². The predicted molar refractivity (Wildman–Crippen MR) is 193 cm³/mol. The molecular formula is C38H44N6O7. The lowest BCUT2D eigenvalue weighted by molar-refractivity contribution is -0.142. The van der Waals surface area contributed by atoms with Crippen molar-refractivity contribution < 1.29 is 33.9 Å². The second-order valence-electron chi connectivity index (χ2n) is 12.3. The third-order valence-electron chi connectivity index (χ3n) is 8.28. The average Bonchev–Trinajstić information content (AvgIpc) is 3.11. The van der Waals surface area contributed by atoms with Crippen LogP contribution in [0.1, 0.15) is 37.3 Å². The number of aliphatic carboxylic acids is 1. The van der Waals surface area contributed by atoms with Crippen LogP contribution in [-0.2, 0) is 41.6 Å². The van der Waals surface area contributed by atoms with Crippen molar-refractivity contribution in [2.75, 3.05) is 19.6 Å². The first-order chi connectivity index (χ1) is 24.5. The number of hydrogen-bond acceptors (Lipinski definition) is 7. The molecule has 0 aliphatic carbocycles. The second kappa shape index (κ2) is 18.8. The molecule has 13 nitrogen and oxygen atoms in total. The Balaban J connectivity index is 1.43. The zero-order chi connectivity index (χ0) is 36.8. The van der Waals surface area contributed by atoms with Gasteiger partial charge in [0.2, 0.25) is 29.5 Å². The van der Waals surface area contributed by atoms with E-state index < -0.39 is 66.7 Å². The van der Waals surface area contributed by atoms with Crippen LogP contribution in [0.4, 0.5) is 0 Å². The number of carboxylic acid groups (broad SMARTS) is 1. The summed E-state index contributed by atoms with van der Waals surface area (Å²) in [5.74, 6) is -4.26. The molecule has 0 heterocycles. The number of carbonyl (C=O) groups is 6. The lowest BCUT2D eigenvalue weighted by Crippen LogP contribution is -2.55. The molecule has 3 atom stereocenters. The highest BCUT2D eigenvalue weighted by atomic mass is 16.4. The number of fused-ring (bicyclic) bond motifs is 2. The van der Waals surface area contributed by atoms with E-state index in [4.69, 9.17) is 5.73 Å². The molecule has 4 rings (SSSR count). The predicted octanol–water partition coefficient (Wildman–Crippen LogP) is 1.70. The van der Waals surface area contributed by atoms with E-state index in [1.165, 1.54) is 6.92 Å². The molecule has 0 saturated heterocycles. The molecule has 0 aromatic heterocycles. The number of rotatable bonds is 18. The van der Waals surface area contributed by atoms with Gasteiger partial charge in [0.1, 0.15) is 18.1 Å². The Morgan fingerprint density at radius 2 is 1.14 bits per heavy atom. The van der Waals surface area contributed by atoms with Crippen LogP contribution in [0.25, 0.3) is 21.5 Å². The van der Waals surface area contributed by atoms with E-state index in [-0.39, 0.29) is 19.3 Å². The van der Waals surface area contributed by atoms with Crippen molar-refractivity contribution in [3.05, 3.63) is 96.1 Å².